The van der Waals surface area contributed by atoms with Crippen LogP contribution in [0.2, 0.25) is 0 Å². The lowest BCUT2D eigenvalue weighted by Crippen LogP contribution is -2.60. The molecule has 4 nitrogen and oxygen atoms in total. The predicted molar refractivity (Wildman–Crippen MR) is 84.6 cm³/mol. The third-order valence-electron chi connectivity index (χ3n) is 4.24. The molecule has 3 rings (SSSR count). The highest BCUT2D eigenvalue weighted by Crippen LogP contribution is 2.34. The monoisotopic (exact) mass is 294 g/mol. The van der Waals surface area contributed by atoms with Crippen LogP contribution in [0.3, 0.4) is 0 Å². The van der Waals surface area contributed by atoms with Crippen molar-refractivity contribution < 1.29 is 9.84 Å². The van der Waals surface area contributed by atoms with Gasteiger partial charge in [0.05, 0.1) is 19.8 Å². The van der Waals surface area contributed by atoms with Gasteiger partial charge in [0.1, 0.15) is 11.8 Å². The smallest absolute Gasteiger partial charge is 0.126 e. The Balaban J connectivity index is 1.88. The van der Waals surface area contributed by atoms with Crippen LogP contribution in [0.5, 0.6) is 5.75 Å². The molecule has 0 aromatic heterocycles. The molecule has 3 atom stereocenters. The van der Waals surface area contributed by atoms with Gasteiger partial charge in [-0.2, -0.15) is 5.26 Å². The van der Waals surface area contributed by atoms with E-state index in [0.29, 0.717) is 0 Å². The van der Waals surface area contributed by atoms with Gasteiger partial charge in [0.2, 0.25) is 0 Å². The van der Waals surface area contributed by atoms with Gasteiger partial charge in [0.15, 0.2) is 0 Å². The van der Waals surface area contributed by atoms with Gasteiger partial charge in [0.25, 0.3) is 0 Å². The number of hydrogen-bond acceptors (Lipinski definition) is 4. The molecule has 112 valence electrons. The molecule has 2 N–H and O–H groups in total. The van der Waals surface area contributed by atoms with Crippen molar-refractivity contribution in [3.8, 4) is 22.9 Å². The largest absolute Gasteiger partial charge is 0.496 e. The molecule has 1 heterocycles. The summed E-state index contributed by atoms with van der Waals surface area (Å²) in [5.74, 6) is 0.880. The second kappa shape index (κ2) is 6.18. The first-order valence-electron chi connectivity index (χ1n) is 7.28. The fourth-order valence-electron chi connectivity index (χ4n) is 3.03. The number of aliphatic hydroxyl groups is 1. The lowest BCUT2D eigenvalue weighted by Gasteiger charge is -2.41. The number of hydrogen-bond donors (Lipinski definition) is 2. The van der Waals surface area contributed by atoms with E-state index in [4.69, 9.17) is 10.00 Å². The lowest BCUT2D eigenvalue weighted by molar-refractivity contribution is 0.151. The van der Waals surface area contributed by atoms with Gasteiger partial charge in [-0.3, -0.25) is 5.32 Å². The standard InChI is InChI=1S/C18H18N2O2/c1-22-17-5-3-2-4-14(17)12-6-8-13(9-7-12)18-15(10-19)20-16(18)11-21/h2-9,15-16,18,20-21H,11H2,1H3/t15-,16-,18+/m0/s1. The van der Waals surface area contributed by atoms with E-state index in [1.165, 1.54) is 0 Å². The van der Waals surface area contributed by atoms with Crippen molar-refractivity contribution in [2.24, 2.45) is 0 Å². The molecule has 0 spiro atoms. The minimum Gasteiger partial charge on any atom is -0.496 e. The lowest BCUT2D eigenvalue weighted by atomic mass is 9.78. The molecule has 2 aromatic rings. The second-order valence-corrected chi connectivity index (χ2v) is 5.41. The summed E-state index contributed by atoms with van der Waals surface area (Å²) in [4.78, 5) is 0. The van der Waals surface area contributed by atoms with Crippen LogP contribution < -0.4 is 10.1 Å². The molecule has 0 radical (unpaired) electrons. The summed E-state index contributed by atoms with van der Waals surface area (Å²) in [6.45, 7) is 0.0388. The third-order valence-corrected chi connectivity index (χ3v) is 4.24. The molecular weight excluding hydrogens is 276 g/mol. The van der Waals surface area contributed by atoms with Crippen LogP contribution >= 0.6 is 0 Å². The number of nitrogens with zero attached hydrogens (tertiary/aromatic N) is 1. The maximum atomic E-state index is 9.34. The van der Waals surface area contributed by atoms with Gasteiger partial charge in [-0.05, 0) is 17.2 Å². The number of methoxy groups -OCH3 is 1. The highest BCUT2D eigenvalue weighted by Gasteiger charge is 2.41. The topological polar surface area (TPSA) is 65.3 Å². The van der Waals surface area contributed by atoms with Gasteiger partial charge < -0.3 is 9.84 Å². The third kappa shape index (κ3) is 2.45. The summed E-state index contributed by atoms with van der Waals surface area (Å²) in [6.07, 6.45) is 0. The van der Waals surface area contributed by atoms with Crippen molar-refractivity contribution in [2.75, 3.05) is 13.7 Å². The number of ether oxygens (including phenoxy) is 1. The van der Waals surface area contributed by atoms with E-state index in [0.717, 1.165) is 22.4 Å². The molecule has 0 amide bonds. The second-order valence-electron chi connectivity index (χ2n) is 5.41. The van der Waals surface area contributed by atoms with Crippen LogP contribution in [0.15, 0.2) is 48.5 Å². The Morgan fingerprint density at radius 2 is 1.91 bits per heavy atom. The Labute approximate surface area is 130 Å². The minimum absolute atomic E-state index is 0.0388. The molecule has 1 saturated heterocycles. The average Bonchev–Trinajstić information content (AvgIpc) is 2.55. The Hall–Kier alpha value is -2.35. The van der Waals surface area contributed by atoms with Crippen molar-refractivity contribution in [1.29, 1.82) is 5.26 Å². The van der Waals surface area contributed by atoms with Crippen molar-refractivity contribution in [2.45, 2.75) is 18.0 Å². The Bertz CT molecular complexity index is 691. The van der Waals surface area contributed by atoms with Gasteiger partial charge in [-0.1, -0.05) is 42.5 Å². The van der Waals surface area contributed by atoms with E-state index >= 15 is 0 Å². The minimum atomic E-state index is -0.228. The van der Waals surface area contributed by atoms with E-state index in [-0.39, 0.29) is 24.6 Å². The van der Waals surface area contributed by atoms with Gasteiger partial charge in [-0.15, -0.1) is 0 Å². The molecule has 0 bridgehead atoms. The first kappa shape index (κ1) is 14.6. The van der Waals surface area contributed by atoms with Crippen molar-refractivity contribution in [3.05, 3.63) is 54.1 Å². The molecule has 2 aromatic carbocycles. The summed E-state index contributed by atoms with van der Waals surface area (Å²) in [5.41, 5.74) is 3.18. The van der Waals surface area contributed by atoms with Crippen LogP contribution in [0, 0.1) is 11.3 Å². The van der Waals surface area contributed by atoms with E-state index in [9.17, 15) is 5.11 Å². The van der Waals surface area contributed by atoms with Gasteiger partial charge in [0, 0.05) is 17.5 Å². The molecule has 22 heavy (non-hydrogen) atoms. The van der Waals surface area contributed by atoms with E-state index in [2.05, 4.69) is 11.4 Å². The number of benzene rings is 2. The molecule has 1 aliphatic rings. The fourth-order valence-corrected chi connectivity index (χ4v) is 3.03. The Kier molecular flexibility index (Phi) is 4.10. The molecule has 1 aliphatic heterocycles. The quantitative estimate of drug-likeness (QED) is 0.908. The molecular formula is C18H18N2O2. The first-order chi connectivity index (χ1) is 10.8. The van der Waals surface area contributed by atoms with Crippen LogP contribution in [-0.4, -0.2) is 30.9 Å². The Morgan fingerprint density at radius 1 is 1.18 bits per heavy atom. The number of rotatable bonds is 4. The average molecular weight is 294 g/mol. The highest BCUT2D eigenvalue weighted by atomic mass is 16.5. The SMILES string of the molecule is COc1ccccc1-c1ccc([C@@H]2[C@H](C#N)N[C@H]2CO)cc1. The number of aliphatic hydroxyl groups excluding tert-OH is 1. The highest BCUT2D eigenvalue weighted by molar-refractivity contribution is 5.70. The number of nitrogens with one attached hydrogen (secondary N) is 1. The normalized spacial score (nSPS) is 23.4. The predicted octanol–water partition coefficient (Wildman–Crippen LogP) is 2.30. The summed E-state index contributed by atoms with van der Waals surface area (Å²) in [6, 6.07) is 18.0. The maximum Gasteiger partial charge on any atom is 0.126 e. The van der Waals surface area contributed by atoms with Crippen molar-refractivity contribution in [3.63, 3.8) is 0 Å². The number of nitriles is 1. The summed E-state index contributed by atoms with van der Waals surface area (Å²) in [7, 11) is 1.66. The van der Waals surface area contributed by atoms with E-state index in [1.54, 1.807) is 7.11 Å². The van der Waals surface area contributed by atoms with E-state index in [1.807, 2.05) is 48.5 Å². The Morgan fingerprint density at radius 3 is 2.55 bits per heavy atom. The first-order valence-corrected chi connectivity index (χ1v) is 7.28. The molecule has 4 heteroatoms. The summed E-state index contributed by atoms with van der Waals surface area (Å²) < 4.78 is 5.39. The maximum absolute atomic E-state index is 9.34. The number of para-hydroxylation sites is 1. The molecule has 0 saturated carbocycles. The van der Waals surface area contributed by atoms with Gasteiger partial charge in [-0.25, -0.2) is 0 Å². The van der Waals surface area contributed by atoms with Crippen LogP contribution in [0.4, 0.5) is 0 Å². The molecule has 0 aliphatic carbocycles. The van der Waals surface area contributed by atoms with Crippen molar-refractivity contribution in [1.82, 2.24) is 5.32 Å². The fraction of sp³-hybridized carbons (Fsp3) is 0.278. The molecule has 1 fully saturated rings. The summed E-state index contributed by atoms with van der Waals surface area (Å²) in [5, 5.41) is 21.5. The zero-order valence-electron chi connectivity index (χ0n) is 12.4. The zero-order valence-corrected chi connectivity index (χ0v) is 12.4. The van der Waals surface area contributed by atoms with Crippen molar-refractivity contribution >= 4 is 0 Å². The van der Waals surface area contributed by atoms with Crippen LogP contribution in [-0.2, 0) is 0 Å². The summed E-state index contributed by atoms with van der Waals surface area (Å²) >= 11 is 0. The van der Waals surface area contributed by atoms with Crippen LogP contribution in [0.1, 0.15) is 11.5 Å². The van der Waals surface area contributed by atoms with Gasteiger partial charge >= 0.3 is 0 Å². The van der Waals surface area contributed by atoms with Crippen LogP contribution in [0.25, 0.3) is 11.1 Å². The zero-order chi connectivity index (χ0) is 15.5. The van der Waals surface area contributed by atoms with E-state index < -0.39 is 0 Å². The molecule has 0 unspecified atom stereocenters.